The summed E-state index contributed by atoms with van der Waals surface area (Å²) in [5.74, 6) is 0.540. The molecule has 66 valence electrons. The van der Waals surface area contributed by atoms with E-state index in [1.165, 1.54) is 17.5 Å². The molecule has 1 heterocycles. The van der Waals surface area contributed by atoms with Gasteiger partial charge in [-0.3, -0.25) is 0 Å². The average Bonchev–Trinajstić information content (AvgIpc) is 2.55. The summed E-state index contributed by atoms with van der Waals surface area (Å²) < 4.78 is 1.98. The lowest BCUT2D eigenvalue weighted by atomic mass is 10.1. The third-order valence-corrected chi connectivity index (χ3v) is 3.20. The Morgan fingerprint density at radius 3 is 3.17 bits per heavy atom. The van der Waals surface area contributed by atoms with E-state index in [1.54, 1.807) is 0 Å². The van der Waals surface area contributed by atoms with Gasteiger partial charge in [0.25, 0.3) is 0 Å². The number of nitrogens with two attached hydrogens (primary N) is 1. The lowest BCUT2D eigenvalue weighted by Gasteiger charge is -2.04. The van der Waals surface area contributed by atoms with Crippen molar-refractivity contribution in [2.75, 3.05) is 6.54 Å². The first-order valence-corrected chi connectivity index (χ1v) is 4.65. The standard InChI is InChI=1S/C9H13ClN2/c1-12-5-8-6(4-11)2-3-7(8)9(12)10/h5-6H,2-4,11H2,1H3. The predicted octanol–water partition coefficient (Wildman–Crippen LogP) is 1.67. The van der Waals surface area contributed by atoms with Crippen molar-refractivity contribution < 1.29 is 0 Å². The second-order valence-electron chi connectivity index (χ2n) is 3.44. The molecule has 1 aromatic rings. The molecule has 1 atom stereocenters. The van der Waals surface area contributed by atoms with Crippen molar-refractivity contribution in [2.24, 2.45) is 12.8 Å². The Labute approximate surface area is 77.3 Å². The molecule has 12 heavy (non-hydrogen) atoms. The zero-order valence-electron chi connectivity index (χ0n) is 7.18. The molecule has 1 aromatic heterocycles. The molecule has 0 aromatic carbocycles. The summed E-state index contributed by atoms with van der Waals surface area (Å²) in [6, 6.07) is 0. The van der Waals surface area contributed by atoms with Crippen LogP contribution in [-0.2, 0) is 13.5 Å². The molecule has 3 heteroatoms. The first kappa shape index (κ1) is 8.14. The number of nitrogens with zero attached hydrogens (tertiary/aromatic N) is 1. The second-order valence-corrected chi connectivity index (χ2v) is 3.79. The van der Waals surface area contributed by atoms with E-state index in [1.807, 2.05) is 11.6 Å². The molecule has 0 amide bonds. The van der Waals surface area contributed by atoms with Crippen molar-refractivity contribution in [1.82, 2.24) is 4.57 Å². The van der Waals surface area contributed by atoms with Gasteiger partial charge in [-0.15, -0.1) is 0 Å². The van der Waals surface area contributed by atoms with Gasteiger partial charge in [0, 0.05) is 13.2 Å². The summed E-state index contributed by atoms with van der Waals surface area (Å²) in [5, 5.41) is 0.890. The number of halogens is 1. The zero-order chi connectivity index (χ0) is 8.72. The number of fused-ring (bicyclic) bond motifs is 1. The molecule has 0 spiro atoms. The molecule has 0 aliphatic heterocycles. The maximum absolute atomic E-state index is 6.10. The summed E-state index contributed by atoms with van der Waals surface area (Å²) in [6.45, 7) is 0.743. The van der Waals surface area contributed by atoms with Crippen molar-refractivity contribution in [3.63, 3.8) is 0 Å². The summed E-state index contributed by atoms with van der Waals surface area (Å²) >= 11 is 6.10. The van der Waals surface area contributed by atoms with Crippen LogP contribution in [0.15, 0.2) is 6.20 Å². The van der Waals surface area contributed by atoms with Gasteiger partial charge in [0.05, 0.1) is 0 Å². The van der Waals surface area contributed by atoms with Crippen molar-refractivity contribution in [2.45, 2.75) is 18.8 Å². The zero-order valence-corrected chi connectivity index (χ0v) is 7.93. The van der Waals surface area contributed by atoms with Gasteiger partial charge in [-0.25, -0.2) is 0 Å². The summed E-state index contributed by atoms with van der Waals surface area (Å²) in [7, 11) is 1.98. The Hall–Kier alpha value is -0.470. The van der Waals surface area contributed by atoms with E-state index in [2.05, 4.69) is 6.20 Å². The first-order valence-electron chi connectivity index (χ1n) is 4.27. The number of rotatable bonds is 1. The van der Waals surface area contributed by atoms with E-state index in [0.717, 1.165) is 18.1 Å². The van der Waals surface area contributed by atoms with E-state index < -0.39 is 0 Å². The molecule has 2 rings (SSSR count). The number of aromatic nitrogens is 1. The van der Waals surface area contributed by atoms with Gasteiger partial charge in [0.15, 0.2) is 0 Å². The number of aryl methyl sites for hydroxylation is 1. The van der Waals surface area contributed by atoms with Crippen molar-refractivity contribution >= 4 is 11.6 Å². The van der Waals surface area contributed by atoms with Crippen LogP contribution in [0.3, 0.4) is 0 Å². The van der Waals surface area contributed by atoms with Crippen LogP contribution < -0.4 is 5.73 Å². The van der Waals surface area contributed by atoms with E-state index in [4.69, 9.17) is 17.3 Å². The van der Waals surface area contributed by atoms with Crippen LogP contribution in [0.5, 0.6) is 0 Å². The second kappa shape index (κ2) is 2.79. The maximum Gasteiger partial charge on any atom is 0.112 e. The molecule has 0 radical (unpaired) electrons. The van der Waals surface area contributed by atoms with E-state index in [9.17, 15) is 0 Å². The highest BCUT2D eigenvalue weighted by Crippen LogP contribution is 2.37. The minimum atomic E-state index is 0.540. The third kappa shape index (κ3) is 0.985. The van der Waals surface area contributed by atoms with Crippen LogP contribution in [0.25, 0.3) is 0 Å². The SMILES string of the molecule is Cn1cc2c(c1Cl)CCC2CN. The summed E-state index contributed by atoms with van der Waals surface area (Å²) in [6.07, 6.45) is 4.38. The molecular weight excluding hydrogens is 172 g/mol. The fourth-order valence-corrected chi connectivity index (χ4v) is 2.25. The fraction of sp³-hybridized carbons (Fsp3) is 0.556. The Bertz CT molecular complexity index is 304. The smallest absolute Gasteiger partial charge is 0.112 e. The van der Waals surface area contributed by atoms with Gasteiger partial charge in [0.1, 0.15) is 5.15 Å². The van der Waals surface area contributed by atoms with Crippen LogP contribution in [0.2, 0.25) is 5.15 Å². The summed E-state index contributed by atoms with van der Waals surface area (Å²) in [4.78, 5) is 0. The monoisotopic (exact) mass is 184 g/mol. The minimum absolute atomic E-state index is 0.540. The van der Waals surface area contributed by atoms with Gasteiger partial charge < -0.3 is 10.3 Å². The third-order valence-electron chi connectivity index (χ3n) is 2.71. The van der Waals surface area contributed by atoms with Gasteiger partial charge >= 0.3 is 0 Å². The Morgan fingerprint density at radius 1 is 1.75 bits per heavy atom. The Kier molecular flexibility index (Phi) is 1.89. The average molecular weight is 185 g/mol. The number of hydrogen-bond donors (Lipinski definition) is 1. The highest BCUT2D eigenvalue weighted by molar-refractivity contribution is 6.30. The van der Waals surface area contributed by atoms with Gasteiger partial charge in [-0.1, -0.05) is 11.6 Å². The lowest BCUT2D eigenvalue weighted by Crippen LogP contribution is -2.08. The minimum Gasteiger partial charge on any atom is -0.341 e. The quantitative estimate of drug-likeness (QED) is 0.708. The molecule has 1 aliphatic carbocycles. The molecular formula is C9H13ClN2. The predicted molar refractivity (Wildman–Crippen MR) is 50.5 cm³/mol. The molecule has 2 N–H and O–H groups in total. The maximum atomic E-state index is 6.10. The van der Waals surface area contributed by atoms with Crippen LogP contribution in [0.4, 0.5) is 0 Å². The lowest BCUT2D eigenvalue weighted by molar-refractivity contribution is 0.679. The summed E-state index contributed by atoms with van der Waals surface area (Å²) in [5.41, 5.74) is 8.34. The fourth-order valence-electron chi connectivity index (χ4n) is 1.99. The van der Waals surface area contributed by atoms with Crippen molar-refractivity contribution in [1.29, 1.82) is 0 Å². The van der Waals surface area contributed by atoms with E-state index in [0.29, 0.717) is 5.92 Å². The molecule has 0 saturated carbocycles. The van der Waals surface area contributed by atoms with Gasteiger partial charge in [0.2, 0.25) is 0 Å². The molecule has 1 unspecified atom stereocenters. The normalized spacial score (nSPS) is 21.4. The Balaban J connectivity index is 2.46. The van der Waals surface area contributed by atoms with Crippen LogP contribution in [0, 0.1) is 0 Å². The highest BCUT2D eigenvalue weighted by atomic mass is 35.5. The molecule has 0 saturated heterocycles. The van der Waals surface area contributed by atoms with Crippen LogP contribution in [0.1, 0.15) is 23.5 Å². The van der Waals surface area contributed by atoms with E-state index >= 15 is 0 Å². The van der Waals surface area contributed by atoms with Gasteiger partial charge in [-0.2, -0.15) is 0 Å². The number of hydrogen-bond acceptors (Lipinski definition) is 1. The molecule has 1 aliphatic rings. The van der Waals surface area contributed by atoms with Crippen LogP contribution in [-0.4, -0.2) is 11.1 Å². The van der Waals surface area contributed by atoms with Crippen LogP contribution >= 0.6 is 11.6 Å². The largest absolute Gasteiger partial charge is 0.341 e. The van der Waals surface area contributed by atoms with Gasteiger partial charge in [-0.05, 0) is 36.4 Å². The van der Waals surface area contributed by atoms with Crippen molar-refractivity contribution in [3.8, 4) is 0 Å². The molecule has 0 bridgehead atoms. The first-order chi connectivity index (χ1) is 5.74. The molecule has 2 nitrogen and oxygen atoms in total. The highest BCUT2D eigenvalue weighted by Gasteiger charge is 2.25. The molecule has 0 fully saturated rings. The van der Waals surface area contributed by atoms with Crippen molar-refractivity contribution in [3.05, 3.63) is 22.5 Å². The topological polar surface area (TPSA) is 30.9 Å². The Morgan fingerprint density at radius 2 is 2.50 bits per heavy atom. The van der Waals surface area contributed by atoms with E-state index in [-0.39, 0.29) is 0 Å².